The number of ether oxygens (including phenoxy) is 1. The second-order valence-corrected chi connectivity index (χ2v) is 6.75. The smallest absolute Gasteiger partial charge is 0.137 e. The summed E-state index contributed by atoms with van der Waals surface area (Å²) in [5.41, 5.74) is 3.14. The zero-order valence-electron chi connectivity index (χ0n) is 13.6. The molecule has 0 saturated carbocycles. The van der Waals surface area contributed by atoms with E-state index >= 15 is 0 Å². The third-order valence-corrected chi connectivity index (χ3v) is 4.45. The topological polar surface area (TPSA) is 47.6 Å². The van der Waals surface area contributed by atoms with Crippen molar-refractivity contribution in [3.8, 4) is 0 Å². The molecule has 7 heteroatoms. The Morgan fingerprint density at radius 2 is 2.21 bits per heavy atom. The molecule has 4 rings (SSSR count). The van der Waals surface area contributed by atoms with Gasteiger partial charge in [0, 0.05) is 38.2 Å². The van der Waals surface area contributed by atoms with Gasteiger partial charge in [-0.3, -0.25) is 9.58 Å². The van der Waals surface area contributed by atoms with Gasteiger partial charge in [-0.25, -0.2) is 4.98 Å². The number of pyridine rings is 1. The number of rotatable bonds is 4. The first kappa shape index (κ1) is 15.6. The highest BCUT2D eigenvalue weighted by atomic mass is 35.5. The molecule has 0 radical (unpaired) electrons. The quantitative estimate of drug-likeness (QED) is 0.728. The molecule has 126 valence electrons. The Labute approximate surface area is 145 Å². The van der Waals surface area contributed by atoms with Crippen molar-refractivity contribution in [3.63, 3.8) is 0 Å². The molecule has 0 unspecified atom stereocenters. The Hall–Kier alpha value is -1.89. The average molecular weight is 346 g/mol. The summed E-state index contributed by atoms with van der Waals surface area (Å²) in [5, 5.41) is 5.06. The molecule has 3 aromatic heterocycles. The fourth-order valence-corrected chi connectivity index (χ4v) is 3.30. The molecule has 0 N–H and O–H groups in total. The van der Waals surface area contributed by atoms with Crippen LogP contribution >= 0.6 is 11.6 Å². The monoisotopic (exact) mass is 345 g/mol. The van der Waals surface area contributed by atoms with Crippen molar-refractivity contribution in [1.29, 1.82) is 0 Å². The van der Waals surface area contributed by atoms with Gasteiger partial charge in [-0.1, -0.05) is 11.6 Å². The van der Waals surface area contributed by atoms with E-state index in [1.165, 1.54) is 5.56 Å². The van der Waals surface area contributed by atoms with Crippen molar-refractivity contribution in [3.05, 3.63) is 53.2 Å². The normalized spacial score (nSPS) is 19.2. The highest BCUT2D eigenvalue weighted by molar-refractivity contribution is 6.30. The van der Waals surface area contributed by atoms with Crippen molar-refractivity contribution in [2.75, 3.05) is 19.7 Å². The number of halogens is 1. The minimum atomic E-state index is 0.157. The largest absolute Gasteiger partial charge is 0.374 e. The molecule has 0 amide bonds. The highest BCUT2D eigenvalue weighted by Gasteiger charge is 2.22. The standard InChI is InChI=1S/C17H20ClN5O/c1-13-6-19-23(7-13)12-16-11-21(4-5-24-16)9-15-10-22-8-14(18)2-3-17(22)20-15/h2-3,6-8,10,16H,4-5,9,11-12H2,1H3/t16-/m0/s1. The molecule has 1 aliphatic rings. The first-order valence-electron chi connectivity index (χ1n) is 8.12. The van der Waals surface area contributed by atoms with Crippen molar-refractivity contribution >= 4 is 17.2 Å². The van der Waals surface area contributed by atoms with E-state index in [0.717, 1.165) is 44.1 Å². The molecule has 1 aliphatic heterocycles. The van der Waals surface area contributed by atoms with Crippen LogP contribution in [0.4, 0.5) is 0 Å². The summed E-state index contributed by atoms with van der Waals surface area (Å²) in [7, 11) is 0. The molecular formula is C17H20ClN5O. The number of fused-ring (bicyclic) bond motifs is 1. The fraction of sp³-hybridized carbons (Fsp3) is 0.412. The minimum Gasteiger partial charge on any atom is -0.374 e. The van der Waals surface area contributed by atoms with Crippen LogP contribution in [0.2, 0.25) is 5.02 Å². The summed E-state index contributed by atoms with van der Waals surface area (Å²) in [4.78, 5) is 7.05. The Kier molecular flexibility index (Phi) is 4.26. The van der Waals surface area contributed by atoms with Crippen LogP contribution in [0.1, 0.15) is 11.3 Å². The van der Waals surface area contributed by atoms with E-state index < -0.39 is 0 Å². The Bertz CT molecular complexity index is 842. The summed E-state index contributed by atoms with van der Waals surface area (Å²) < 4.78 is 9.82. The van der Waals surface area contributed by atoms with Crippen LogP contribution in [0.5, 0.6) is 0 Å². The number of aromatic nitrogens is 4. The van der Waals surface area contributed by atoms with Crippen LogP contribution in [0, 0.1) is 6.92 Å². The lowest BCUT2D eigenvalue weighted by Gasteiger charge is -2.32. The molecule has 1 fully saturated rings. The van der Waals surface area contributed by atoms with Gasteiger partial charge >= 0.3 is 0 Å². The van der Waals surface area contributed by atoms with Crippen LogP contribution in [0.25, 0.3) is 5.65 Å². The summed E-state index contributed by atoms with van der Waals surface area (Å²) in [6, 6.07) is 3.80. The summed E-state index contributed by atoms with van der Waals surface area (Å²) >= 11 is 6.03. The van der Waals surface area contributed by atoms with Crippen molar-refractivity contribution in [1.82, 2.24) is 24.1 Å². The van der Waals surface area contributed by atoms with Crippen LogP contribution in [-0.2, 0) is 17.8 Å². The lowest BCUT2D eigenvalue weighted by molar-refractivity contribution is -0.0405. The molecular weight excluding hydrogens is 326 g/mol. The maximum absolute atomic E-state index is 6.03. The van der Waals surface area contributed by atoms with Gasteiger partial charge in [-0.05, 0) is 24.6 Å². The zero-order valence-corrected chi connectivity index (χ0v) is 14.4. The van der Waals surface area contributed by atoms with Gasteiger partial charge in [0.1, 0.15) is 5.65 Å². The fourth-order valence-electron chi connectivity index (χ4n) is 3.13. The number of nitrogens with zero attached hydrogens (tertiary/aromatic N) is 5. The van der Waals surface area contributed by atoms with Gasteiger partial charge < -0.3 is 9.14 Å². The van der Waals surface area contributed by atoms with E-state index in [2.05, 4.69) is 15.0 Å². The van der Waals surface area contributed by atoms with Gasteiger partial charge in [-0.2, -0.15) is 5.10 Å². The summed E-state index contributed by atoms with van der Waals surface area (Å²) in [5.74, 6) is 0. The molecule has 24 heavy (non-hydrogen) atoms. The number of imidazole rings is 1. The Morgan fingerprint density at radius 3 is 3.04 bits per heavy atom. The predicted molar refractivity (Wildman–Crippen MR) is 92.2 cm³/mol. The molecule has 1 saturated heterocycles. The van der Waals surface area contributed by atoms with Crippen molar-refractivity contribution in [2.45, 2.75) is 26.1 Å². The molecule has 0 bridgehead atoms. The van der Waals surface area contributed by atoms with E-state index in [9.17, 15) is 0 Å². The first-order valence-corrected chi connectivity index (χ1v) is 8.50. The van der Waals surface area contributed by atoms with Gasteiger partial charge in [0.25, 0.3) is 0 Å². The van der Waals surface area contributed by atoms with E-state index in [4.69, 9.17) is 16.3 Å². The SMILES string of the molecule is Cc1cnn(C[C@@H]2CN(Cc3cn4cc(Cl)ccc4n3)CCO2)c1. The van der Waals surface area contributed by atoms with Gasteiger partial charge in [0.15, 0.2) is 0 Å². The second kappa shape index (κ2) is 6.55. The maximum Gasteiger partial charge on any atom is 0.137 e. The van der Waals surface area contributed by atoms with Gasteiger partial charge in [0.2, 0.25) is 0 Å². The van der Waals surface area contributed by atoms with E-state index in [1.807, 2.05) is 52.9 Å². The third kappa shape index (κ3) is 3.45. The third-order valence-electron chi connectivity index (χ3n) is 4.23. The predicted octanol–water partition coefficient (Wildman–Crippen LogP) is 2.39. The van der Waals surface area contributed by atoms with Crippen molar-refractivity contribution in [2.24, 2.45) is 0 Å². The van der Waals surface area contributed by atoms with Crippen LogP contribution in [0.15, 0.2) is 36.9 Å². The lowest BCUT2D eigenvalue weighted by atomic mass is 10.2. The van der Waals surface area contributed by atoms with Crippen LogP contribution in [-0.4, -0.2) is 49.9 Å². The van der Waals surface area contributed by atoms with Gasteiger partial charge in [0.05, 0.1) is 36.2 Å². The van der Waals surface area contributed by atoms with Gasteiger partial charge in [-0.15, -0.1) is 0 Å². The molecule has 3 aromatic rings. The molecule has 0 aliphatic carbocycles. The zero-order chi connectivity index (χ0) is 16.5. The highest BCUT2D eigenvalue weighted by Crippen LogP contribution is 2.15. The van der Waals surface area contributed by atoms with Crippen molar-refractivity contribution < 1.29 is 4.74 Å². The minimum absolute atomic E-state index is 0.157. The van der Waals surface area contributed by atoms with E-state index in [1.54, 1.807) is 0 Å². The average Bonchev–Trinajstić information content (AvgIpc) is 3.13. The number of hydrogen-bond acceptors (Lipinski definition) is 4. The number of hydrogen-bond donors (Lipinski definition) is 0. The van der Waals surface area contributed by atoms with Crippen LogP contribution in [0.3, 0.4) is 0 Å². The molecule has 0 aromatic carbocycles. The number of morpholine rings is 1. The molecule has 6 nitrogen and oxygen atoms in total. The number of aryl methyl sites for hydroxylation is 1. The maximum atomic E-state index is 6.03. The molecule has 0 spiro atoms. The summed E-state index contributed by atoms with van der Waals surface area (Å²) in [6.45, 7) is 6.19. The van der Waals surface area contributed by atoms with Crippen LogP contribution < -0.4 is 0 Å². The molecule has 1 atom stereocenters. The summed E-state index contributed by atoms with van der Waals surface area (Å²) in [6.07, 6.45) is 8.01. The second-order valence-electron chi connectivity index (χ2n) is 6.31. The first-order chi connectivity index (χ1) is 11.7. The lowest BCUT2D eigenvalue weighted by Crippen LogP contribution is -2.43. The Morgan fingerprint density at radius 1 is 1.29 bits per heavy atom. The molecule has 4 heterocycles. The van der Waals surface area contributed by atoms with E-state index in [-0.39, 0.29) is 6.10 Å². The van der Waals surface area contributed by atoms with E-state index in [0.29, 0.717) is 5.02 Å². The Balaban J connectivity index is 1.41.